The van der Waals surface area contributed by atoms with Gasteiger partial charge in [0.25, 0.3) is 0 Å². The quantitative estimate of drug-likeness (QED) is 0.127. The zero-order chi connectivity index (χ0) is 41.2. The van der Waals surface area contributed by atoms with Crippen LogP contribution in [-0.2, 0) is 11.8 Å². The summed E-state index contributed by atoms with van der Waals surface area (Å²) in [5.41, 5.74) is 16.5. The van der Waals surface area contributed by atoms with Gasteiger partial charge in [0.2, 0.25) is 0 Å². The van der Waals surface area contributed by atoms with Crippen LogP contribution in [0.2, 0.25) is 0 Å². The summed E-state index contributed by atoms with van der Waals surface area (Å²) in [6.45, 7) is 12.9. The lowest BCUT2D eigenvalue weighted by Crippen LogP contribution is -2.40. The van der Waals surface area contributed by atoms with Crippen molar-refractivity contribution in [1.29, 1.82) is 0 Å². The van der Waals surface area contributed by atoms with Crippen molar-refractivity contribution in [2.45, 2.75) is 52.0 Å². The molecule has 2 aliphatic rings. The van der Waals surface area contributed by atoms with E-state index in [1.54, 1.807) is 0 Å². The second-order valence-electron chi connectivity index (χ2n) is 18.8. The molecule has 2 nitrogen and oxygen atoms in total. The summed E-state index contributed by atoms with van der Waals surface area (Å²) >= 11 is 0. The first-order valence-electron chi connectivity index (χ1n) is 21.9. The van der Waals surface area contributed by atoms with E-state index in [2.05, 4.69) is 220 Å². The molecule has 2 heteroatoms. The Hall–Kier alpha value is -6.90. The molecule has 0 radical (unpaired) electrons. The van der Waals surface area contributed by atoms with Crippen LogP contribution in [0.4, 0.5) is 22.7 Å². The summed E-state index contributed by atoms with van der Waals surface area (Å²) in [6.07, 6.45) is 1.04. The number of fused-ring (bicyclic) bond motifs is 6. The normalized spacial score (nSPS) is 14.3. The molecule has 12 rings (SSSR count). The van der Waals surface area contributed by atoms with Gasteiger partial charge in [0.15, 0.2) is 0 Å². The second kappa shape index (κ2) is 13.0. The van der Waals surface area contributed by atoms with E-state index in [1.807, 2.05) is 0 Å². The van der Waals surface area contributed by atoms with Gasteiger partial charge in [0.05, 0.1) is 11.4 Å². The Labute approximate surface area is 358 Å². The molecule has 0 saturated heterocycles. The third kappa shape index (κ3) is 5.28. The van der Waals surface area contributed by atoms with Crippen molar-refractivity contribution in [3.63, 3.8) is 0 Å². The van der Waals surface area contributed by atoms with E-state index in [9.17, 15) is 0 Å². The molecule has 0 saturated carbocycles. The molecule has 0 bridgehead atoms. The Morgan fingerprint density at radius 3 is 1.87 bits per heavy atom. The first-order valence-corrected chi connectivity index (χ1v) is 21.9. The van der Waals surface area contributed by atoms with Gasteiger partial charge in [0, 0.05) is 45.4 Å². The molecule has 1 aliphatic carbocycles. The van der Waals surface area contributed by atoms with Crippen molar-refractivity contribution >= 4 is 65.8 Å². The fourth-order valence-corrected chi connectivity index (χ4v) is 11.1. The summed E-state index contributed by atoms with van der Waals surface area (Å²) in [7, 11) is 0. The molecule has 0 fully saturated rings. The van der Waals surface area contributed by atoms with Crippen molar-refractivity contribution in [2.75, 3.05) is 16.3 Å². The summed E-state index contributed by atoms with van der Waals surface area (Å²) in [5, 5.41) is 10.3. The highest BCUT2D eigenvalue weighted by molar-refractivity contribution is 6.35. The maximum Gasteiger partial charge on any atom is 0.0547 e. The fraction of sp³-hybridized carbons (Fsp3) is 0.153. The molecular formula is C59H48N2. The van der Waals surface area contributed by atoms with E-state index in [1.165, 1.54) is 110 Å². The third-order valence-electron chi connectivity index (χ3n) is 14.0. The number of benzene rings is 10. The van der Waals surface area contributed by atoms with Gasteiger partial charge in [-0.2, -0.15) is 0 Å². The van der Waals surface area contributed by atoms with Crippen molar-refractivity contribution < 1.29 is 0 Å². The summed E-state index contributed by atoms with van der Waals surface area (Å²) in [6, 6.07) is 66.5. The van der Waals surface area contributed by atoms with E-state index in [0.29, 0.717) is 0 Å². The fourth-order valence-electron chi connectivity index (χ4n) is 11.1. The van der Waals surface area contributed by atoms with Crippen molar-refractivity contribution in [3.8, 4) is 33.4 Å². The van der Waals surface area contributed by atoms with Crippen LogP contribution in [0.15, 0.2) is 176 Å². The predicted octanol–water partition coefficient (Wildman–Crippen LogP) is 16.0. The number of rotatable bonds is 5. The third-order valence-corrected chi connectivity index (χ3v) is 14.0. The van der Waals surface area contributed by atoms with Crippen LogP contribution in [0, 0.1) is 0 Å². The lowest BCUT2D eigenvalue weighted by molar-refractivity contribution is 0.518. The van der Waals surface area contributed by atoms with Crippen LogP contribution in [0.25, 0.3) is 76.5 Å². The molecule has 294 valence electrons. The first-order chi connectivity index (χ1) is 29.7. The molecule has 0 N–H and O–H groups in total. The number of hydrogen-bond acceptors (Lipinski definition) is 2. The van der Waals surface area contributed by atoms with Crippen molar-refractivity contribution in [1.82, 2.24) is 0 Å². The molecule has 0 amide bonds. The van der Waals surface area contributed by atoms with Gasteiger partial charge in [0.1, 0.15) is 0 Å². The lowest BCUT2D eigenvalue weighted by Gasteiger charge is -2.37. The Kier molecular flexibility index (Phi) is 7.70. The molecule has 0 aromatic heterocycles. The van der Waals surface area contributed by atoms with Crippen LogP contribution in [0.1, 0.15) is 51.3 Å². The van der Waals surface area contributed by atoms with Crippen LogP contribution in [0.5, 0.6) is 0 Å². The number of anilines is 4. The molecule has 61 heavy (non-hydrogen) atoms. The zero-order valence-electron chi connectivity index (χ0n) is 35.6. The molecule has 10 aromatic carbocycles. The van der Waals surface area contributed by atoms with Gasteiger partial charge < -0.3 is 9.80 Å². The van der Waals surface area contributed by atoms with Gasteiger partial charge in [-0.05, 0) is 134 Å². The maximum atomic E-state index is 2.65. The molecule has 1 aliphatic heterocycles. The van der Waals surface area contributed by atoms with Crippen LogP contribution in [-0.4, -0.2) is 12.1 Å². The molecule has 0 spiro atoms. The van der Waals surface area contributed by atoms with Gasteiger partial charge >= 0.3 is 0 Å². The molecule has 1 heterocycles. The Bertz CT molecular complexity index is 3360. The maximum absolute atomic E-state index is 2.65. The van der Waals surface area contributed by atoms with E-state index in [4.69, 9.17) is 0 Å². The minimum atomic E-state index is -0.187. The minimum Gasteiger partial charge on any atom is -0.366 e. The van der Waals surface area contributed by atoms with Crippen molar-refractivity contribution in [2.24, 2.45) is 0 Å². The smallest absolute Gasteiger partial charge is 0.0547 e. The number of para-hydroxylation sites is 1. The Morgan fingerprint density at radius 2 is 1.11 bits per heavy atom. The predicted molar refractivity (Wildman–Crippen MR) is 262 cm³/mol. The van der Waals surface area contributed by atoms with Gasteiger partial charge in [-0.25, -0.2) is 0 Å². The van der Waals surface area contributed by atoms with Crippen LogP contribution >= 0.6 is 0 Å². The largest absolute Gasteiger partial charge is 0.366 e. The van der Waals surface area contributed by atoms with E-state index in [-0.39, 0.29) is 11.0 Å². The monoisotopic (exact) mass is 784 g/mol. The van der Waals surface area contributed by atoms with E-state index in [0.717, 1.165) is 18.7 Å². The standard InChI is InChI=1S/C59H48N2/c1-58(2,3)60-34-33-41-20-14-24-46(57(41)60)49-35-48-43-21-9-10-26-50(43)59(4,5)51(48)36-53(49)61(42-30-27-38(28-31-42)37-15-7-6-8-16-37)52-32-29-40-19-12-23-45-44-22-11-17-39-18-13-25-47(54(39)44)56(52)55(40)45/h6-32,35-36H,33-34H2,1-5H3. The van der Waals surface area contributed by atoms with Crippen LogP contribution < -0.4 is 9.80 Å². The zero-order valence-corrected chi connectivity index (χ0v) is 35.6. The summed E-state index contributed by atoms with van der Waals surface area (Å²) in [4.78, 5) is 5.26. The molecular weight excluding hydrogens is 737 g/mol. The van der Waals surface area contributed by atoms with Gasteiger partial charge in [-0.15, -0.1) is 0 Å². The summed E-state index contributed by atoms with van der Waals surface area (Å²) in [5.74, 6) is 0. The highest BCUT2D eigenvalue weighted by atomic mass is 15.2. The average Bonchev–Trinajstić information content (AvgIpc) is 3.83. The number of hydrogen-bond donors (Lipinski definition) is 0. The van der Waals surface area contributed by atoms with Crippen LogP contribution in [0.3, 0.4) is 0 Å². The SMILES string of the molecule is CC1(C)c2ccccc2-c2cc(-c3cccc4c3N(C(C)(C)C)CC4)c(N(c3ccc(-c4ccccc4)cc3)c3ccc4cccc5c6cccc7cccc(c3c45)c76)cc21. The second-order valence-corrected chi connectivity index (χ2v) is 18.8. The molecule has 0 atom stereocenters. The minimum absolute atomic E-state index is 0.0369. The average molecular weight is 785 g/mol. The highest BCUT2D eigenvalue weighted by Crippen LogP contribution is 2.56. The lowest BCUT2D eigenvalue weighted by atomic mass is 9.81. The highest BCUT2D eigenvalue weighted by Gasteiger charge is 2.39. The van der Waals surface area contributed by atoms with Crippen molar-refractivity contribution in [3.05, 3.63) is 193 Å². The van der Waals surface area contributed by atoms with Gasteiger partial charge in [-0.3, -0.25) is 0 Å². The molecule has 0 unspecified atom stereocenters. The Morgan fingerprint density at radius 1 is 0.475 bits per heavy atom. The Balaban J connectivity index is 1.23. The van der Waals surface area contributed by atoms with E-state index >= 15 is 0 Å². The van der Waals surface area contributed by atoms with E-state index < -0.39 is 0 Å². The summed E-state index contributed by atoms with van der Waals surface area (Å²) < 4.78 is 0. The first kappa shape index (κ1) is 36.0. The number of nitrogens with zero attached hydrogens (tertiary/aromatic N) is 2. The van der Waals surface area contributed by atoms with Gasteiger partial charge in [-0.1, -0.05) is 159 Å². The topological polar surface area (TPSA) is 6.48 Å². The molecule has 10 aromatic rings.